The van der Waals surface area contributed by atoms with Gasteiger partial charge in [0.05, 0.1) is 30.6 Å². The number of benzene rings is 2. The number of aliphatic hydroxyl groups excluding tert-OH is 1. The summed E-state index contributed by atoms with van der Waals surface area (Å²) in [7, 11) is 0. The third-order valence-corrected chi connectivity index (χ3v) is 5.37. The van der Waals surface area contributed by atoms with Gasteiger partial charge in [-0.2, -0.15) is 0 Å². The number of carbonyl (C=O) groups is 1. The number of esters is 1. The van der Waals surface area contributed by atoms with Crippen LogP contribution in [0.5, 0.6) is 5.75 Å². The molecule has 2 heterocycles. The minimum atomic E-state index is -0.691. The Morgan fingerprint density at radius 1 is 1.16 bits per heavy atom. The monoisotopic (exact) mass is 433 g/mol. The Morgan fingerprint density at radius 3 is 2.62 bits per heavy atom. The first-order valence-electron chi connectivity index (χ1n) is 10.6. The fourth-order valence-corrected chi connectivity index (χ4v) is 3.86. The first-order valence-corrected chi connectivity index (χ1v) is 10.6. The molecular formula is C25H27N3O4. The summed E-state index contributed by atoms with van der Waals surface area (Å²) in [5.41, 5.74) is 4.35. The predicted molar refractivity (Wildman–Crippen MR) is 122 cm³/mol. The lowest BCUT2D eigenvalue weighted by molar-refractivity contribution is 0.0527. The number of carbonyl (C=O) groups excluding carboxylic acids is 1. The van der Waals surface area contributed by atoms with E-state index in [-0.39, 0.29) is 12.6 Å². The van der Waals surface area contributed by atoms with E-state index >= 15 is 0 Å². The van der Waals surface area contributed by atoms with Crippen LogP contribution in [0.1, 0.15) is 28.5 Å². The molecule has 0 saturated heterocycles. The highest BCUT2D eigenvalue weighted by molar-refractivity contribution is 6.07. The number of nitrogens with zero attached hydrogens (tertiary/aromatic N) is 3. The van der Waals surface area contributed by atoms with Gasteiger partial charge in [-0.1, -0.05) is 17.7 Å². The number of rotatable bonds is 8. The Balaban J connectivity index is 1.68. The summed E-state index contributed by atoms with van der Waals surface area (Å²) in [5.74, 6) is 0.215. The van der Waals surface area contributed by atoms with Crippen molar-refractivity contribution in [3.05, 3.63) is 78.0 Å². The minimum absolute atomic E-state index is 0.121. The maximum absolute atomic E-state index is 12.8. The molecule has 0 amide bonds. The Morgan fingerprint density at radius 2 is 1.94 bits per heavy atom. The van der Waals surface area contributed by atoms with Gasteiger partial charge in [0.25, 0.3) is 0 Å². The summed E-state index contributed by atoms with van der Waals surface area (Å²) < 4.78 is 15.0. The molecule has 2 aromatic carbocycles. The van der Waals surface area contributed by atoms with E-state index in [4.69, 9.17) is 9.47 Å². The SMILES string of the molecule is CCOC(=O)c1c(C)n(-c2ccc(C)cc2)c2ccc(OC[C@@H](O)Cn3ccnc3)cc12. The van der Waals surface area contributed by atoms with E-state index in [0.29, 0.717) is 24.5 Å². The lowest BCUT2D eigenvalue weighted by Crippen LogP contribution is -2.22. The minimum Gasteiger partial charge on any atom is -0.491 e. The summed E-state index contributed by atoms with van der Waals surface area (Å²) in [6.45, 7) is 6.56. The fourth-order valence-electron chi connectivity index (χ4n) is 3.86. The van der Waals surface area contributed by atoms with Crippen LogP contribution in [0.4, 0.5) is 0 Å². The largest absolute Gasteiger partial charge is 0.491 e. The van der Waals surface area contributed by atoms with Gasteiger partial charge in [-0.3, -0.25) is 0 Å². The van der Waals surface area contributed by atoms with Crippen LogP contribution in [0.3, 0.4) is 0 Å². The first kappa shape index (κ1) is 21.6. The van der Waals surface area contributed by atoms with Crippen LogP contribution < -0.4 is 4.74 Å². The van der Waals surface area contributed by atoms with Gasteiger partial charge >= 0.3 is 5.97 Å². The van der Waals surface area contributed by atoms with Crippen LogP contribution in [0, 0.1) is 13.8 Å². The number of fused-ring (bicyclic) bond motifs is 1. The van der Waals surface area contributed by atoms with Crippen molar-refractivity contribution in [1.82, 2.24) is 14.1 Å². The molecule has 0 radical (unpaired) electrons. The van der Waals surface area contributed by atoms with Crippen LogP contribution in [0.25, 0.3) is 16.6 Å². The second kappa shape index (κ2) is 9.28. The van der Waals surface area contributed by atoms with Gasteiger partial charge in [-0.05, 0) is 51.1 Å². The Labute approximate surface area is 186 Å². The molecule has 0 aliphatic heterocycles. The molecule has 32 heavy (non-hydrogen) atoms. The maximum Gasteiger partial charge on any atom is 0.340 e. The number of aromatic nitrogens is 3. The molecule has 0 saturated carbocycles. The molecule has 1 atom stereocenters. The van der Waals surface area contributed by atoms with E-state index in [9.17, 15) is 9.90 Å². The molecule has 166 valence electrons. The molecule has 0 spiro atoms. The second-order valence-electron chi connectivity index (χ2n) is 7.76. The summed E-state index contributed by atoms with van der Waals surface area (Å²) in [5, 5.41) is 11.0. The normalized spacial score (nSPS) is 12.1. The van der Waals surface area contributed by atoms with Gasteiger partial charge in [0.2, 0.25) is 0 Å². The van der Waals surface area contributed by atoms with Gasteiger partial charge < -0.3 is 23.7 Å². The van der Waals surface area contributed by atoms with Crippen molar-refractivity contribution in [1.29, 1.82) is 0 Å². The average Bonchev–Trinajstić information content (AvgIpc) is 3.38. The van der Waals surface area contributed by atoms with Crippen molar-refractivity contribution in [2.75, 3.05) is 13.2 Å². The van der Waals surface area contributed by atoms with E-state index in [1.165, 1.54) is 5.56 Å². The molecule has 0 fully saturated rings. The highest BCUT2D eigenvalue weighted by atomic mass is 16.5. The van der Waals surface area contributed by atoms with E-state index in [2.05, 4.69) is 9.55 Å². The molecule has 0 bridgehead atoms. The number of ether oxygens (including phenoxy) is 2. The predicted octanol–water partition coefficient (Wildman–Crippen LogP) is 4.06. The summed E-state index contributed by atoms with van der Waals surface area (Å²) in [6, 6.07) is 13.8. The lowest BCUT2D eigenvalue weighted by atomic mass is 10.1. The maximum atomic E-state index is 12.8. The van der Waals surface area contributed by atoms with Crippen molar-refractivity contribution in [2.24, 2.45) is 0 Å². The zero-order chi connectivity index (χ0) is 22.7. The van der Waals surface area contributed by atoms with E-state index < -0.39 is 6.10 Å². The highest BCUT2D eigenvalue weighted by Crippen LogP contribution is 2.32. The van der Waals surface area contributed by atoms with E-state index in [1.54, 1.807) is 30.2 Å². The summed E-state index contributed by atoms with van der Waals surface area (Å²) >= 11 is 0. The standard InChI is InChI=1S/C25H27N3O4/c1-4-31-25(30)24-18(3)28(19-7-5-17(2)6-8-19)23-10-9-21(13-22(23)24)32-15-20(29)14-27-12-11-26-16-27/h5-13,16,20,29H,4,14-15H2,1-3H3/t20-/m0/s1. The van der Waals surface area contributed by atoms with Crippen LogP contribution in [0.15, 0.2) is 61.2 Å². The first-order chi connectivity index (χ1) is 15.5. The quantitative estimate of drug-likeness (QED) is 0.424. The highest BCUT2D eigenvalue weighted by Gasteiger charge is 2.22. The van der Waals surface area contributed by atoms with Crippen LogP contribution in [-0.4, -0.2) is 44.5 Å². The van der Waals surface area contributed by atoms with Gasteiger partial charge in [-0.15, -0.1) is 0 Å². The lowest BCUT2D eigenvalue weighted by Gasteiger charge is -2.13. The zero-order valence-corrected chi connectivity index (χ0v) is 18.5. The van der Waals surface area contributed by atoms with Gasteiger partial charge in [-0.25, -0.2) is 9.78 Å². The molecule has 4 aromatic rings. The molecule has 1 N–H and O–H groups in total. The fraction of sp³-hybridized carbons (Fsp3) is 0.280. The van der Waals surface area contributed by atoms with Crippen LogP contribution >= 0.6 is 0 Å². The number of aryl methyl sites for hydroxylation is 1. The third kappa shape index (κ3) is 4.38. The van der Waals surface area contributed by atoms with Gasteiger partial charge in [0.1, 0.15) is 18.5 Å². The van der Waals surface area contributed by atoms with Crippen LogP contribution in [-0.2, 0) is 11.3 Å². The molecule has 7 heteroatoms. The number of aliphatic hydroxyl groups is 1. The smallest absolute Gasteiger partial charge is 0.340 e. The molecule has 0 aliphatic rings. The molecular weight excluding hydrogens is 406 g/mol. The zero-order valence-electron chi connectivity index (χ0n) is 18.5. The van der Waals surface area contributed by atoms with Gasteiger partial charge in [0.15, 0.2) is 0 Å². The average molecular weight is 434 g/mol. The summed E-state index contributed by atoms with van der Waals surface area (Å²) in [4.78, 5) is 16.8. The number of hydrogen-bond donors (Lipinski definition) is 1. The van der Waals surface area contributed by atoms with Crippen molar-refractivity contribution in [2.45, 2.75) is 33.4 Å². The van der Waals surface area contributed by atoms with E-state index in [1.807, 2.05) is 56.3 Å². The number of imidazole rings is 1. The molecule has 0 aliphatic carbocycles. The Kier molecular flexibility index (Phi) is 6.28. The number of hydrogen-bond acceptors (Lipinski definition) is 5. The van der Waals surface area contributed by atoms with Crippen molar-refractivity contribution in [3.8, 4) is 11.4 Å². The summed E-state index contributed by atoms with van der Waals surface area (Å²) in [6.07, 6.45) is 4.41. The Hall–Kier alpha value is -3.58. The van der Waals surface area contributed by atoms with Crippen LogP contribution in [0.2, 0.25) is 0 Å². The third-order valence-electron chi connectivity index (χ3n) is 5.37. The Bertz CT molecular complexity index is 1210. The van der Waals surface area contributed by atoms with E-state index in [0.717, 1.165) is 22.3 Å². The molecule has 4 rings (SSSR count). The molecule has 2 aromatic heterocycles. The molecule has 7 nitrogen and oxygen atoms in total. The topological polar surface area (TPSA) is 78.5 Å². The molecule has 0 unspecified atom stereocenters. The second-order valence-corrected chi connectivity index (χ2v) is 7.76. The van der Waals surface area contributed by atoms with Gasteiger partial charge in [0, 0.05) is 29.2 Å². The van der Waals surface area contributed by atoms with Crippen molar-refractivity contribution >= 4 is 16.9 Å². The van der Waals surface area contributed by atoms with Crippen molar-refractivity contribution < 1.29 is 19.4 Å². The van der Waals surface area contributed by atoms with Crippen molar-refractivity contribution in [3.63, 3.8) is 0 Å².